The van der Waals surface area contributed by atoms with Crippen molar-refractivity contribution >= 4 is 17.8 Å². The van der Waals surface area contributed by atoms with Crippen molar-refractivity contribution in [2.24, 2.45) is 0 Å². The minimum absolute atomic E-state index is 0.175. The van der Waals surface area contributed by atoms with E-state index in [-0.39, 0.29) is 18.5 Å². The third kappa shape index (κ3) is 4.77. The first-order valence-electron chi connectivity index (χ1n) is 10.4. The molecule has 32 heavy (non-hydrogen) atoms. The second-order valence-electron chi connectivity index (χ2n) is 7.71. The molecule has 7 nitrogen and oxygen atoms in total. The Morgan fingerprint density at radius 2 is 1.91 bits per heavy atom. The maximum atomic E-state index is 12.7. The zero-order valence-electron chi connectivity index (χ0n) is 18.3. The van der Waals surface area contributed by atoms with Crippen LogP contribution < -0.4 is 9.47 Å². The summed E-state index contributed by atoms with van der Waals surface area (Å²) in [6, 6.07) is 12.9. The molecule has 0 radical (unpaired) electrons. The molecule has 1 aliphatic heterocycles. The summed E-state index contributed by atoms with van der Waals surface area (Å²) in [6.45, 7) is 6.26. The average molecular weight is 435 g/mol. The highest BCUT2D eigenvalue weighted by molar-refractivity contribution is 6.00. The number of aryl methyl sites for hydroxylation is 2. The second kappa shape index (κ2) is 9.18. The largest absolute Gasteiger partial charge is 0.486 e. The van der Waals surface area contributed by atoms with Crippen molar-refractivity contribution in [3.63, 3.8) is 0 Å². The van der Waals surface area contributed by atoms with Gasteiger partial charge in [0, 0.05) is 23.0 Å². The van der Waals surface area contributed by atoms with E-state index < -0.39 is 5.97 Å². The van der Waals surface area contributed by atoms with Gasteiger partial charge in [-0.2, -0.15) is 0 Å². The van der Waals surface area contributed by atoms with E-state index in [9.17, 15) is 9.59 Å². The molecule has 0 aliphatic carbocycles. The van der Waals surface area contributed by atoms with Crippen molar-refractivity contribution < 1.29 is 28.2 Å². The van der Waals surface area contributed by atoms with Crippen LogP contribution in [0.4, 0.5) is 0 Å². The van der Waals surface area contributed by atoms with Gasteiger partial charge in [-0.15, -0.1) is 0 Å². The number of hydrogen-bond acceptors (Lipinski definition) is 6. The Balaban J connectivity index is 1.36. The topological polar surface area (TPSA) is 79.9 Å². The molecule has 0 saturated carbocycles. The maximum absolute atomic E-state index is 12.7. The number of esters is 1. The molecule has 0 fully saturated rings. The van der Waals surface area contributed by atoms with Crippen LogP contribution in [-0.4, -0.2) is 35.6 Å². The van der Waals surface area contributed by atoms with Crippen LogP contribution in [-0.2, 0) is 16.1 Å². The van der Waals surface area contributed by atoms with E-state index in [0.717, 1.165) is 22.9 Å². The van der Waals surface area contributed by atoms with Crippen LogP contribution in [0.5, 0.6) is 11.5 Å². The van der Waals surface area contributed by atoms with Crippen molar-refractivity contribution in [2.75, 3.05) is 13.2 Å². The predicted molar refractivity (Wildman–Crippen MR) is 118 cm³/mol. The summed E-state index contributed by atoms with van der Waals surface area (Å²) in [6.07, 6.45) is 2.58. The van der Waals surface area contributed by atoms with Crippen LogP contribution in [0.15, 0.2) is 53.0 Å². The van der Waals surface area contributed by atoms with Crippen LogP contribution in [0, 0.1) is 20.8 Å². The van der Waals surface area contributed by atoms with Crippen LogP contribution in [0.2, 0.25) is 0 Å². The number of aromatic nitrogens is 1. The van der Waals surface area contributed by atoms with E-state index in [1.54, 1.807) is 12.1 Å². The molecule has 1 atom stereocenters. The molecule has 0 amide bonds. The quantitative estimate of drug-likeness (QED) is 0.313. The molecule has 2 aromatic heterocycles. The molecule has 1 aromatic carbocycles. The summed E-state index contributed by atoms with van der Waals surface area (Å²) in [5.41, 5.74) is 2.25. The number of para-hydroxylation sites is 2. The van der Waals surface area contributed by atoms with Crippen LogP contribution >= 0.6 is 0 Å². The summed E-state index contributed by atoms with van der Waals surface area (Å²) in [7, 11) is 0. The van der Waals surface area contributed by atoms with Gasteiger partial charge in [-0.05, 0) is 57.2 Å². The third-order valence-corrected chi connectivity index (χ3v) is 5.32. The van der Waals surface area contributed by atoms with Gasteiger partial charge < -0.3 is 23.2 Å². The first-order chi connectivity index (χ1) is 15.4. The van der Waals surface area contributed by atoms with E-state index in [0.29, 0.717) is 30.2 Å². The Kier molecular flexibility index (Phi) is 6.16. The fourth-order valence-electron chi connectivity index (χ4n) is 3.68. The predicted octanol–water partition coefficient (Wildman–Crippen LogP) is 4.29. The normalized spacial score (nSPS) is 15.2. The molecule has 3 heterocycles. The first kappa shape index (κ1) is 21.5. The molecule has 0 N–H and O–H groups in total. The number of Topliss-reactive ketones (excluding diaryl/α,β-unsaturated/α-hetero) is 1. The average Bonchev–Trinajstić information content (AvgIpc) is 3.33. The van der Waals surface area contributed by atoms with E-state index in [1.807, 2.05) is 55.7 Å². The van der Waals surface area contributed by atoms with Gasteiger partial charge in [0.1, 0.15) is 18.1 Å². The zero-order chi connectivity index (χ0) is 22.7. The van der Waals surface area contributed by atoms with Crippen molar-refractivity contribution in [3.05, 3.63) is 77.0 Å². The third-order valence-electron chi connectivity index (χ3n) is 5.32. The summed E-state index contributed by atoms with van der Waals surface area (Å²) >= 11 is 0. The molecule has 3 aromatic rings. The lowest BCUT2D eigenvalue weighted by Crippen LogP contribution is -2.33. The van der Waals surface area contributed by atoms with Gasteiger partial charge >= 0.3 is 5.97 Å². The molecular formula is C25H25NO6. The Labute approximate surface area is 186 Å². The van der Waals surface area contributed by atoms with Gasteiger partial charge in [0.25, 0.3) is 0 Å². The van der Waals surface area contributed by atoms with E-state index in [4.69, 9.17) is 18.6 Å². The Bertz CT molecular complexity index is 1170. The lowest BCUT2D eigenvalue weighted by Gasteiger charge is -2.27. The number of carbonyl (C=O) groups excluding carboxylic acids is 2. The Hall–Kier alpha value is -3.74. The number of ether oxygens (including phenoxy) is 3. The van der Waals surface area contributed by atoms with Gasteiger partial charge in [-0.3, -0.25) is 4.79 Å². The van der Waals surface area contributed by atoms with Gasteiger partial charge in [0.15, 0.2) is 24.2 Å². The minimum atomic E-state index is -0.604. The smallest absolute Gasteiger partial charge is 0.331 e. The highest BCUT2D eigenvalue weighted by Crippen LogP contribution is 2.31. The highest BCUT2D eigenvalue weighted by atomic mass is 16.6. The summed E-state index contributed by atoms with van der Waals surface area (Å²) < 4.78 is 24.3. The van der Waals surface area contributed by atoms with Gasteiger partial charge in [-0.1, -0.05) is 12.1 Å². The monoisotopic (exact) mass is 435 g/mol. The Morgan fingerprint density at radius 3 is 2.66 bits per heavy atom. The molecular weight excluding hydrogens is 410 g/mol. The van der Waals surface area contributed by atoms with Gasteiger partial charge in [0.2, 0.25) is 5.78 Å². The number of furan rings is 1. The molecule has 1 aliphatic rings. The number of hydrogen-bond donors (Lipinski definition) is 0. The highest BCUT2D eigenvalue weighted by Gasteiger charge is 2.24. The van der Waals surface area contributed by atoms with Crippen molar-refractivity contribution in [2.45, 2.75) is 33.4 Å². The van der Waals surface area contributed by atoms with E-state index in [1.165, 1.54) is 12.2 Å². The van der Waals surface area contributed by atoms with Crippen LogP contribution in [0.1, 0.15) is 33.3 Å². The fourth-order valence-corrected chi connectivity index (χ4v) is 3.68. The number of fused-ring (bicyclic) bond motifs is 1. The summed E-state index contributed by atoms with van der Waals surface area (Å²) in [5, 5.41) is 0. The maximum Gasteiger partial charge on any atom is 0.331 e. The van der Waals surface area contributed by atoms with Crippen LogP contribution in [0.25, 0.3) is 6.08 Å². The summed E-state index contributed by atoms with van der Waals surface area (Å²) in [4.78, 5) is 24.6. The van der Waals surface area contributed by atoms with Crippen LogP contribution in [0.3, 0.4) is 0 Å². The molecule has 0 spiro atoms. The number of nitrogens with zero attached hydrogens (tertiary/aromatic N) is 1. The first-order valence-corrected chi connectivity index (χ1v) is 10.4. The van der Waals surface area contributed by atoms with E-state index >= 15 is 0 Å². The van der Waals surface area contributed by atoms with E-state index in [2.05, 4.69) is 0 Å². The number of benzene rings is 1. The van der Waals surface area contributed by atoms with Crippen molar-refractivity contribution in [1.82, 2.24) is 4.57 Å². The standard InChI is InChI=1S/C25H25NO6/c1-16-12-21(22(27)15-30-25(28)11-10-19-9-8-17(2)31-19)18(3)26(16)13-20-14-29-23-6-4-5-7-24(23)32-20/h4-12,20H,13-15H2,1-3H3/b11-10+. The minimum Gasteiger partial charge on any atom is -0.486 e. The molecule has 0 bridgehead atoms. The fraction of sp³-hybridized carbons (Fsp3) is 0.280. The zero-order valence-corrected chi connectivity index (χ0v) is 18.3. The number of carbonyl (C=O) groups is 2. The lowest BCUT2D eigenvalue weighted by molar-refractivity contribution is -0.136. The van der Waals surface area contributed by atoms with Crippen molar-refractivity contribution in [1.29, 1.82) is 0 Å². The number of ketones is 1. The van der Waals surface area contributed by atoms with Gasteiger partial charge in [0.05, 0.1) is 6.54 Å². The second-order valence-corrected chi connectivity index (χ2v) is 7.71. The Morgan fingerprint density at radius 1 is 1.12 bits per heavy atom. The van der Waals surface area contributed by atoms with Gasteiger partial charge in [-0.25, -0.2) is 4.79 Å². The molecule has 166 valence electrons. The summed E-state index contributed by atoms with van der Waals surface area (Å²) in [5.74, 6) is 1.88. The van der Waals surface area contributed by atoms with Crippen molar-refractivity contribution in [3.8, 4) is 11.5 Å². The molecule has 7 heteroatoms. The SMILES string of the molecule is Cc1ccc(/C=C/C(=O)OCC(=O)c2cc(C)n(CC3COc4ccccc4O3)c2C)o1. The molecule has 4 rings (SSSR count). The molecule has 0 saturated heterocycles. The molecule has 1 unspecified atom stereocenters. The number of rotatable bonds is 7. The lowest BCUT2D eigenvalue weighted by atomic mass is 10.1.